The van der Waals surface area contributed by atoms with E-state index in [0.717, 1.165) is 17.5 Å². The Bertz CT molecular complexity index is 564. The SMILES string of the molecule is CS(=O)(=O)c1ccc(NC2CCCC(C3CC3)C2)cn1. The summed E-state index contributed by atoms with van der Waals surface area (Å²) in [7, 11) is -3.20. The molecular formula is C15H22N2O2S. The summed E-state index contributed by atoms with van der Waals surface area (Å²) in [5, 5.41) is 3.66. The second-order valence-electron chi connectivity index (χ2n) is 6.26. The summed E-state index contributed by atoms with van der Waals surface area (Å²) in [6, 6.07) is 3.92. The zero-order valence-electron chi connectivity index (χ0n) is 11.9. The third-order valence-electron chi connectivity index (χ3n) is 4.49. The van der Waals surface area contributed by atoms with Crippen LogP contribution in [0.4, 0.5) is 5.69 Å². The highest BCUT2D eigenvalue weighted by Gasteiger charge is 2.34. The largest absolute Gasteiger partial charge is 0.381 e. The molecule has 0 aromatic carbocycles. The van der Waals surface area contributed by atoms with E-state index in [9.17, 15) is 8.42 Å². The minimum Gasteiger partial charge on any atom is -0.381 e. The fourth-order valence-electron chi connectivity index (χ4n) is 3.28. The first-order valence-corrected chi connectivity index (χ1v) is 9.34. The van der Waals surface area contributed by atoms with Crippen molar-refractivity contribution in [3.63, 3.8) is 0 Å². The van der Waals surface area contributed by atoms with Gasteiger partial charge in [-0.15, -0.1) is 0 Å². The molecule has 0 spiro atoms. The first-order chi connectivity index (χ1) is 9.52. The number of nitrogens with zero attached hydrogens (tertiary/aromatic N) is 1. The minimum atomic E-state index is -3.20. The Balaban J connectivity index is 1.62. The number of hydrogen-bond donors (Lipinski definition) is 1. The lowest BCUT2D eigenvalue weighted by molar-refractivity contribution is 0.303. The van der Waals surface area contributed by atoms with Crippen molar-refractivity contribution in [2.24, 2.45) is 11.8 Å². The first-order valence-electron chi connectivity index (χ1n) is 7.45. The van der Waals surface area contributed by atoms with Crippen LogP contribution in [0.25, 0.3) is 0 Å². The van der Waals surface area contributed by atoms with Gasteiger partial charge in [-0.3, -0.25) is 0 Å². The van der Waals surface area contributed by atoms with Crippen LogP contribution in [0.3, 0.4) is 0 Å². The standard InChI is InChI=1S/C15H22N2O2S/c1-20(18,19)15-8-7-14(10-16-15)17-13-4-2-3-12(9-13)11-5-6-11/h7-8,10-13,17H,2-6,9H2,1H3. The fraction of sp³-hybridized carbons (Fsp3) is 0.667. The van der Waals surface area contributed by atoms with E-state index in [1.54, 1.807) is 12.3 Å². The van der Waals surface area contributed by atoms with Crippen molar-refractivity contribution in [2.75, 3.05) is 11.6 Å². The van der Waals surface area contributed by atoms with Gasteiger partial charge < -0.3 is 5.32 Å². The number of sulfone groups is 1. The van der Waals surface area contributed by atoms with Gasteiger partial charge in [-0.25, -0.2) is 13.4 Å². The maximum Gasteiger partial charge on any atom is 0.192 e. The second-order valence-corrected chi connectivity index (χ2v) is 8.23. The molecular weight excluding hydrogens is 272 g/mol. The summed E-state index contributed by atoms with van der Waals surface area (Å²) in [6.45, 7) is 0. The Labute approximate surface area is 120 Å². The molecule has 2 unspecified atom stereocenters. The van der Waals surface area contributed by atoms with E-state index in [4.69, 9.17) is 0 Å². The van der Waals surface area contributed by atoms with Crippen molar-refractivity contribution >= 4 is 15.5 Å². The molecule has 0 radical (unpaired) electrons. The average Bonchev–Trinajstić information content (AvgIpc) is 3.23. The van der Waals surface area contributed by atoms with Gasteiger partial charge in [0.1, 0.15) is 0 Å². The normalized spacial score (nSPS) is 27.2. The highest BCUT2D eigenvalue weighted by atomic mass is 32.2. The highest BCUT2D eigenvalue weighted by molar-refractivity contribution is 7.90. The predicted octanol–water partition coefficient (Wildman–Crippen LogP) is 2.87. The van der Waals surface area contributed by atoms with Gasteiger partial charge in [0.05, 0.1) is 11.9 Å². The monoisotopic (exact) mass is 294 g/mol. The molecule has 20 heavy (non-hydrogen) atoms. The molecule has 110 valence electrons. The summed E-state index contributed by atoms with van der Waals surface area (Å²) in [5.41, 5.74) is 0.929. The lowest BCUT2D eigenvalue weighted by Gasteiger charge is -2.30. The molecule has 2 aliphatic rings. The lowest BCUT2D eigenvalue weighted by Crippen LogP contribution is -2.28. The number of pyridine rings is 1. The first kappa shape index (κ1) is 13.9. The molecule has 4 nitrogen and oxygen atoms in total. The third-order valence-corrected chi connectivity index (χ3v) is 5.49. The molecule has 2 fully saturated rings. The highest BCUT2D eigenvalue weighted by Crippen LogP contribution is 2.44. The Morgan fingerprint density at radius 3 is 2.55 bits per heavy atom. The van der Waals surface area contributed by atoms with Crippen LogP contribution in [0.5, 0.6) is 0 Å². The molecule has 1 heterocycles. The van der Waals surface area contributed by atoms with Crippen molar-refractivity contribution in [3.05, 3.63) is 18.3 Å². The maximum absolute atomic E-state index is 11.4. The van der Waals surface area contributed by atoms with Crippen molar-refractivity contribution in [3.8, 4) is 0 Å². The lowest BCUT2D eigenvalue weighted by atomic mass is 9.82. The zero-order chi connectivity index (χ0) is 14.2. The molecule has 2 aliphatic carbocycles. The fourth-order valence-corrected chi connectivity index (χ4v) is 3.83. The minimum absolute atomic E-state index is 0.141. The van der Waals surface area contributed by atoms with Crippen LogP contribution in [0, 0.1) is 11.8 Å². The molecule has 1 aromatic rings. The van der Waals surface area contributed by atoms with Crippen molar-refractivity contribution in [1.29, 1.82) is 0 Å². The summed E-state index contributed by atoms with van der Waals surface area (Å²) < 4.78 is 22.8. The number of nitrogens with one attached hydrogen (secondary N) is 1. The summed E-state index contributed by atoms with van der Waals surface area (Å²) in [4.78, 5) is 4.03. The molecule has 0 aliphatic heterocycles. The van der Waals surface area contributed by atoms with Crippen LogP contribution < -0.4 is 5.32 Å². The van der Waals surface area contributed by atoms with E-state index < -0.39 is 9.84 Å². The summed E-state index contributed by atoms with van der Waals surface area (Å²) in [5.74, 6) is 1.87. The van der Waals surface area contributed by atoms with Crippen LogP contribution >= 0.6 is 0 Å². The number of anilines is 1. The third kappa shape index (κ3) is 3.32. The Hall–Kier alpha value is -1.10. The Kier molecular flexibility index (Phi) is 3.71. The van der Waals surface area contributed by atoms with Gasteiger partial charge in [-0.1, -0.05) is 12.8 Å². The smallest absolute Gasteiger partial charge is 0.192 e. The van der Waals surface area contributed by atoms with E-state index in [0.29, 0.717) is 6.04 Å². The molecule has 3 rings (SSSR count). The number of rotatable bonds is 4. The topological polar surface area (TPSA) is 59.1 Å². The molecule has 1 N–H and O–H groups in total. The molecule has 2 saturated carbocycles. The van der Waals surface area contributed by atoms with Crippen molar-refractivity contribution < 1.29 is 8.42 Å². The molecule has 0 bridgehead atoms. The number of aromatic nitrogens is 1. The van der Waals surface area contributed by atoms with Crippen LogP contribution in [-0.4, -0.2) is 25.7 Å². The van der Waals surface area contributed by atoms with Crippen LogP contribution in [-0.2, 0) is 9.84 Å². The van der Waals surface area contributed by atoms with Crippen LogP contribution in [0.1, 0.15) is 38.5 Å². The maximum atomic E-state index is 11.4. The van der Waals surface area contributed by atoms with Crippen LogP contribution in [0.15, 0.2) is 23.4 Å². The quantitative estimate of drug-likeness (QED) is 0.927. The van der Waals surface area contributed by atoms with E-state index in [-0.39, 0.29) is 5.03 Å². The number of hydrogen-bond acceptors (Lipinski definition) is 4. The van der Waals surface area contributed by atoms with E-state index in [1.165, 1.54) is 44.8 Å². The predicted molar refractivity (Wildman–Crippen MR) is 79.4 cm³/mol. The van der Waals surface area contributed by atoms with Gasteiger partial charge in [0.2, 0.25) is 0 Å². The van der Waals surface area contributed by atoms with Gasteiger partial charge in [0.15, 0.2) is 14.9 Å². The van der Waals surface area contributed by atoms with Gasteiger partial charge in [0.25, 0.3) is 0 Å². The van der Waals surface area contributed by atoms with Gasteiger partial charge in [-0.05, 0) is 49.7 Å². The molecule has 2 atom stereocenters. The van der Waals surface area contributed by atoms with Crippen molar-refractivity contribution in [1.82, 2.24) is 4.98 Å². The van der Waals surface area contributed by atoms with Gasteiger partial charge in [0, 0.05) is 12.3 Å². The van der Waals surface area contributed by atoms with E-state index in [2.05, 4.69) is 10.3 Å². The Morgan fingerprint density at radius 1 is 1.15 bits per heavy atom. The molecule has 0 amide bonds. The summed E-state index contributed by atoms with van der Waals surface area (Å²) >= 11 is 0. The molecule has 5 heteroatoms. The Morgan fingerprint density at radius 2 is 1.95 bits per heavy atom. The van der Waals surface area contributed by atoms with E-state index >= 15 is 0 Å². The molecule has 0 saturated heterocycles. The van der Waals surface area contributed by atoms with Crippen molar-refractivity contribution in [2.45, 2.75) is 49.6 Å². The van der Waals surface area contributed by atoms with Crippen LogP contribution in [0.2, 0.25) is 0 Å². The van der Waals surface area contributed by atoms with Gasteiger partial charge >= 0.3 is 0 Å². The average molecular weight is 294 g/mol. The zero-order valence-corrected chi connectivity index (χ0v) is 12.7. The summed E-state index contributed by atoms with van der Waals surface area (Å²) in [6.07, 6.45) is 10.8. The van der Waals surface area contributed by atoms with E-state index in [1.807, 2.05) is 6.07 Å². The van der Waals surface area contributed by atoms with Gasteiger partial charge in [-0.2, -0.15) is 0 Å². The second kappa shape index (κ2) is 5.35. The molecule has 1 aromatic heterocycles.